The van der Waals surface area contributed by atoms with Gasteiger partial charge in [0.1, 0.15) is 5.82 Å². The molecule has 0 bridgehead atoms. The van der Waals surface area contributed by atoms with Crippen molar-refractivity contribution in [1.82, 2.24) is 20.5 Å². The molecule has 1 saturated heterocycles. The molecule has 2 N–H and O–H groups in total. The van der Waals surface area contributed by atoms with Crippen molar-refractivity contribution >= 4 is 35.7 Å². The fourth-order valence-electron chi connectivity index (χ4n) is 3.75. The Labute approximate surface area is 189 Å². The van der Waals surface area contributed by atoms with E-state index in [0.29, 0.717) is 12.5 Å². The van der Waals surface area contributed by atoms with Gasteiger partial charge in [-0.25, -0.2) is 19.6 Å². The van der Waals surface area contributed by atoms with Crippen LogP contribution in [0.3, 0.4) is 0 Å². The zero-order valence-electron chi connectivity index (χ0n) is 17.3. The third-order valence-electron chi connectivity index (χ3n) is 5.43. The summed E-state index contributed by atoms with van der Waals surface area (Å²) in [4.78, 5) is 32.3. The van der Waals surface area contributed by atoms with Gasteiger partial charge in [0.15, 0.2) is 12.2 Å². The summed E-state index contributed by atoms with van der Waals surface area (Å²) in [5.74, 6) is -0.595. The maximum Gasteiger partial charge on any atom is 0.325 e. The normalized spacial score (nSPS) is 20.4. The Morgan fingerprint density at radius 2 is 2.00 bits per heavy atom. The van der Waals surface area contributed by atoms with Gasteiger partial charge < -0.3 is 9.80 Å². The maximum atomic E-state index is 14.0. The summed E-state index contributed by atoms with van der Waals surface area (Å²) >= 11 is 6.04. The topological polar surface area (TPSA) is 89.4 Å². The molecule has 0 saturated carbocycles. The molecular formula is C22H22ClFN6O2. The number of nitrogens with one attached hydrogen (secondary N) is 2. The second kappa shape index (κ2) is 9.35. The molecule has 0 spiro atoms. The summed E-state index contributed by atoms with van der Waals surface area (Å²) in [5, 5.41) is 6.66. The monoisotopic (exact) mass is 456 g/mol. The molecule has 2 aromatic carbocycles. The van der Waals surface area contributed by atoms with Crippen molar-refractivity contribution in [3.63, 3.8) is 0 Å². The van der Waals surface area contributed by atoms with Crippen LogP contribution in [0.5, 0.6) is 0 Å². The van der Waals surface area contributed by atoms with E-state index in [1.807, 2.05) is 30.3 Å². The molecule has 10 heteroatoms. The number of imide groups is 1. The lowest BCUT2D eigenvalue weighted by Gasteiger charge is -2.36. The number of hydrogen-bond acceptors (Lipinski definition) is 6. The summed E-state index contributed by atoms with van der Waals surface area (Å²) in [6.45, 7) is 0.507. The molecule has 2 aromatic rings. The van der Waals surface area contributed by atoms with E-state index in [-0.39, 0.29) is 10.6 Å². The first-order valence-corrected chi connectivity index (χ1v) is 10.5. The molecule has 8 nitrogen and oxygen atoms in total. The lowest BCUT2D eigenvalue weighted by Crippen LogP contribution is -2.64. The minimum Gasteiger partial charge on any atom is -0.326 e. The highest BCUT2D eigenvalue weighted by molar-refractivity contribution is 6.33. The molecule has 2 aliphatic rings. The molecule has 1 fully saturated rings. The summed E-state index contributed by atoms with van der Waals surface area (Å²) in [5.41, 5.74) is 4.12. The Bertz CT molecular complexity index is 1060. The number of nitrogens with zero attached hydrogens (tertiary/aromatic N) is 4. The maximum absolute atomic E-state index is 14.0. The van der Waals surface area contributed by atoms with E-state index in [2.05, 4.69) is 20.8 Å². The zero-order valence-corrected chi connectivity index (χ0v) is 18.1. The first-order chi connectivity index (χ1) is 15.5. The van der Waals surface area contributed by atoms with Gasteiger partial charge in [0.2, 0.25) is 5.96 Å². The summed E-state index contributed by atoms with van der Waals surface area (Å²) in [6, 6.07) is 13.2. The fraction of sp³-hybridized carbons (Fsp3) is 0.273. The van der Waals surface area contributed by atoms with Crippen molar-refractivity contribution < 1.29 is 14.0 Å². The summed E-state index contributed by atoms with van der Waals surface area (Å²) in [7, 11) is 1.58. The average Bonchev–Trinajstić information content (AvgIpc) is 3.14. The summed E-state index contributed by atoms with van der Waals surface area (Å²) < 4.78 is 14.0. The Kier molecular flexibility index (Phi) is 6.36. The van der Waals surface area contributed by atoms with Crippen LogP contribution in [0.1, 0.15) is 17.5 Å². The van der Waals surface area contributed by atoms with Crippen molar-refractivity contribution in [1.29, 1.82) is 0 Å². The molecule has 166 valence electrons. The van der Waals surface area contributed by atoms with Crippen LogP contribution < -0.4 is 10.7 Å². The lowest BCUT2D eigenvalue weighted by atomic mass is 10.1. The van der Waals surface area contributed by atoms with E-state index < -0.39 is 30.0 Å². The number of carbonyl (C=O) groups excluding carboxylic acids is 2. The number of rotatable bonds is 6. The van der Waals surface area contributed by atoms with Crippen LogP contribution in [0.2, 0.25) is 5.02 Å². The van der Waals surface area contributed by atoms with Gasteiger partial charge in [-0.3, -0.25) is 10.1 Å². The third kappa shape index (κ3) is 4.43. The van der Waals surface area contributed by atoms with Gasteiger partial charge in [0, 0.05) is 19.2 Å². The first kappa shape index (κ1) is 21.8. The molecule has 32 heavy (non-hydrogen) atoms. The Hall–Kier alpha value is -3.46. The van der Waals surface area contributed by atoms with Gasteiger partial charge >= 0.3 is 6.03 Å². The van der Waals surface area contributed by atoms with Crippen LogP contribution >= 0.6 is 11.6 Å². The molecular weight excluding hydrogens is 435 g/mol. The smallest absolute Gasteiger partial charge is 0.325 e. The van der Waals surface area contributed by atoms with Crippen LogP contribution in [0, 0.1) is 5.82 Å². The van der Waals surface area contributed by atoms with Crippen molar-refractivity contribution in [3.8, 4) is 0 Å². The molecule has 2 aliphatic heterocycles. The van der Waals surface area contributed by atoms with Gasteiger partial charge in [-0.1, -0.05) is 48.0 Å². The van der Waals surface area contributed by atoms with Crippen molar-refractivity contribution in [2.24, 2.45) is 10.1 Å². The number of guanidine groups is 1. The van der Waals surface area contributed by atoms with E-state index in [4.69, 9.17) is 11.6 Å². The standard InChI is InChI=1S/C22H22ClFN6O2/c1-29-19-18(20(31)27-22(29)32)30(12-6-9-14-7-3-2-4-8-14)21(26-19)28-25-13-15-16(23)10-5-11-17(15)24/h2-5,7-8,10-11,13,18-19H,6,9,12H2,1H3,(H,26,28)(H,27,31,32)/b25-13+. The molecule has 2 heterocycles. The molecule has 0 radical (unpaired) electrons. The molecule has 2 atom stereocenters. The Morgan fingerprint density at radius 3 is 2.75 bits per heavy atom. The quantitative estimate of drug-likeness (QED) is 0.516. The molecule has 3 amide bonds. The zero-order chi connectivity index (χ0) is 22.7. The fourth-order valence-corrected chi connectivity index (χ4v) is 3.96. The minimum absolute atomic E-state index is 0.137. The van der Waals surface area contributed by atoms with Crippen molar-refractivity contribution in [2.75, 3.05) is 13.6 Å². The number of halogens is 2. The second-order valence-corrected chi connectivity index (χ2v) is 7.91. The van der Waals surface area contributed by atoms with Gasteiger partial charge in [-0.05, 0) is 30.5 Å². The van der Waals surface area contributed by atoms with Crippen LogP contribution in [0.4, 0.5) is 9.18 Å². The number of likely N-dealkylation sites (N-methyl/N-ethyl adjacent to an activating group) is 1. The molecule has 0 aliphatic carbocycles. The van der Waals surface area contributed by atoms with Crippen LogP contribution in [-0.4, -0.2) is 59.7 Å². The minimum atomic E-state index is -0.678. The molecule has 2 unspecified atom stereocenters. The van der Waals surface area contributed by atoms with Gasteiger partial charge in [-0.2, -0.15) is 5.10 Å². The SMILES string of the molecule is CN1C(=O)NC(=O)C2C1N=C(N/N=C/c1c(F)cccc1Cl)N2CCCc1ccccc1. The number of aryl methyl sites for hydroxylation is 1. The highest BCUT2D eigenvalue weighted by Crippen LogP contribution is 2.24. The summed E-state index contributed by atoms with van der Waals surface area (Å²) in [6.07, 6.45) is 2.15. The van der Waals surface area contributed by atoms with Crippen molar-refractivity contribution in [2.45, 2.75) is 25.0 Å². The number of amides is 3. The third-order valence-corrected chi connectivity index (χ3v) is 5.76. The van der Waals surface area contributed by atoms with Crippen LogP contribution in [0.15, 0.2) is 58.6 Å². The van der Waals surface area contributed by atoms with Crippen molar-refractivity contribution in [3.05, 3.63) is 70.5 Å². The predicted molar refractivity (Wildman–Crippen MR) is 120 cm³/mol. The number of fused-ring (bicyclic) bond motifs is 1. The van der Waals surface area contributed by atoms with Crippen LogP contribution in [0.25, 0.3) is 0 Å². The van der Waals surface area contributed by atoms with Crippen LogP contribution in [-0.2, 0) is 11.2 Å². The Balaban J connectivity index is 1.52. The second-order valence-electron chi connectivity index (χ2n) is 7.50. The lowest BCUT2D eigenvalue weighted by molar-refractivity contribution is -0.127. The van der Waals surface area contributed by atoms with Gasteiger partial charge in [0.25, 0.3) is 5.91 Å². The number of urea groups is 1. The highest BCUT2D eigenvalue weighted by atomic mass is 35.5. The first-order valence-electron chi connectivity index (χ1n) is 10.1. The van der Waals surface area contributed by atoms with E-state index in [1.54, 1.807) is 18.0 Å². The Morgan fingerprint density at radius 1 is 1.22 bits per heavy atom. The van der Waals surface area contributed by atoms with E-state index in [9.17, 15) is 14.0 Å². The number of carbonyl (C=O) groups is 2. The molecule has 0 aromatic heterocycles. The van der Waals surface area contributed by atoms with E-state index >= 15 is 0 Å². The number of hydrazone groups is 1. The largest absolute Gasteiger partial charge is 0.326 e. The molecule has 4 rings (SSSR count). The predicted octanol–water partition coefficient (Wildman–Crippen LogP) is 2.58. The number of aliphatic imine (C=N–C) groups is 1. The van der Waals surface area contributed by atoms with E-state index in [1.165, 1.54) is 28.8 Å². The van der Waals surface area contributed by atoms with Gasteiger partial charge in [-0.15, -0.1) is 0 Å². The van der Waals surface area contributed by atoms with E-state index in [0.717, 1.165) is 12.8 Å². The number of benzene rings is 2. The van der Waals surface area contributed by atoms with Gasteiger partial charge in [0.05, 0.1) is 11.2 Å². The highest BCUT2D eigenvalue weighted by Gasteiger charge is 2.48. The average molecular weight is 457 g/mol. The number of hydrogen-bond donors (Lipinski definition) is 2.